The number of thioether (sulfide) groups is 1. The number of hydrogen-bond donors (Lipinski definition) is 3. The van der Waals surface area contributed by atoms with E-state index >= 15 is 0 Å². The van der Waals surface area contributed by atoms with Crippen molar-refractivity contribution in [3.05, 3.63) is 24.3 Å². The van der Waals surface area contributed by atoms with Gasteiger partial charge in [-0.2, -0.15) is 0 Å². The molecule has 0 aliphatic rings. The Morgan fingerprint density at radius 2 is 1.95 bits per heavy atom. The highest BCUT2D eigenvalue weighted by Crippen LogP contribution is 2.26. The number of rotatable bonds is 6. The molecular formula is C13H19N3O2S. The number of carbonyl (C=O) groups is 2. The molecule has 5 N–H and O–H groups in total. The molecule has 19 heavy (non-hydrogen) atoms. The SMILES string of the molecule is CC(C)C(N)C(=O)Nc1ccccc1SCC(N)=O. The molecule has 0 fully saturated rings. The summed E-state index contributed by atoms with van der Waals surface area (Å²) >= 11 is 1.29. The molecule has 2 amide bonds. The van der Waals surface area contributed by atoms with Gasteiger partial charge in [0.15, 0.2) is 0 Å². The zero-order chi connectivity index (χ0) is 14.4. The van der Waals surface area contributed by atoms with Gasteiger partial charge in [-0.25, -0.2) is 0 Å². The fourth-order valence-corrected chi connectivity index (χ4v) is 2.11. The Bertz CT molecular complexity index is 463. The van der Waals surface area contributed by atoms with Gasteiger partial charge in [0, 0.05) is 4.90 Å². The van der Waals surface area contributed by atoms with Gasteiger partial charge in [0.05, 0.1) is 17.5 Å². The summed E-state index contributed by atoms with van der Waals surface area (Å²) in [4.78, 5) is 23.5. The van der Waals surface area contributed by atoms with Crippen molar-refractivity contribution in [2.24, 2.45) is 17.4 Å². The third-order valence-corrected chi connectivity index (χ3v) is 3.63. The molecule has 0 aromatic heterocycles. The van der Waals surface area contributed by atoms with Crippen LogP contribution in [0, 0.1) is 5.92 Å². The highest BCUT2D eigenvalue weighted by molar-refractivity contribution is 8.00. The topological polar surface area (TPSA) is 98.2 Å². The fraction of sp³-hybridized carbons (Fsp3) is 0.385. The van der Waals surface area contributed by atoms with E-state index in [4.69, 9.17) is 11.5 Å². The molecule has 0 aliphatic heterocycles. The minimum absolute atomic E-state index is 0.0606. The Kier molecular flexibility index (Phi) is 5.85. The van der Waals surface area contributed by atoms with E-state index < -0.39 is 11.9 Å². The predicted octanol–water partition coefficient (Wildman–Crippen LogP) is 1.19. The molecule has 0 radical (unpaired) electrons. The summed E-state index contributed by atoms with van der Waals surface area (Å²) < 4.78 is 0. The van der Waals surface area contributed by atoms with Crippen molar-refractivity contribution < 1.29 is 9.59 Å². The minimum atomic E-state index is -0.561. The quantitative estimate of drug-likeness (QED) is 0.682. The highest BCUT2D eigenvalue weighted by Gasteiger charge is 2.18. The summed E-state index contributed by atoms with van der Waals surface area (Å²) in [5.74, 6) is -0.402. The van der Waals surface area contributed by atoms with Crippen molar-refractivity contribution in [1.82, 2.24) is 0 Å². The second kappa shape index (κ2) is 7.16. The minimum Gasteiger partial charge on any atom is -0.369 e. The molecule has 1 atom stereocenters. The number of nitrogens with one attached hydrogen (secondary N) is 1. The lowest BCUT2D eigenvalue weighted by Crippen LogP contribution is -2.39. The molecule has 104 valence electrons. The number of amides is 2. The molecule has 0 heterocycles. The molecule has 0 saturated carbocycles. The Hall–Kier alpha value is -1.53. The summed E-state index contributed by atoms with van der Waals surface area (Å²) in [6.45, 7) is 3.77. The maximum absolute atomic E-state index is 11.9. The van der Waals surface area contributed by atoms with Gasteiger partial charge in [-0.1, -0.05) is 26.0 Å². The van der Waals surface area contributed by atoms with Crippen LogP contribution in [-0.4, -0.2) is 23.6 Å². The number of hydrogen-bond acceptors (Lipinski definition) is 4. The molecule has 0 saturated heterocycles. The molecule has 1 aromatic rings. The van der Waals surface area contributed by atoms with Gasteiger partial charge in [0.1, 0.15) is 0 Å². The zero-order valence-electron chi connectivity index (χ0n) is 11.1. The van der Waals surface area contributed by atoms with Crippen molar-refractivity contribution in [3.8, 4) is 0 Å². The van der Waals surface area contributed by atoms with Crippen LogP contribution < -0.4 is 16.8 Å². The first kappa shape index (κ1) is 15.5. The molecule has 0 bridgehead atoms. The molecule has 1 aromatic carbocycles. The normalized spacial score (nSPS) is 12.2. The Balaban J connectivity index is 2.77. The van der Waals surface area contributed by atoms with Gasteiger partial charge >= 0.3 is 0 Å². The van der Waals surface area contributed by atoms with E-state index in [1.165, 1.54) is 11.8 Å². The number of anilines is 1. The second-order valence-electron chi connectivity index (χ2n) is 4.51. The van der Waals surface area contributed by atoms with E-state index in [-0.39, 0.29) is 17.6 Å². The van der Waals surface area contributed by atoms with E-state index in [1.807, 2.05) is 32.0 Å². The Morgan fingerprint density at radius 3 is 2.53 bits per heavy atom. The number of primary amides is 1. The molecule has 5 nitrogen and oxygen atoms in total. The smallest absolute Gasteiger partial charge is 0.241 e. The zero-order valence-corrected chi connectivity index (χ0v) is 11.9. The van der Waals surface area contributed by atoms with Crippen LogP contribution in [0.15, 0.2) is 29.2 Å². The number of benzene rings is 1. The van der Waals surface area contributed by atoms with Crippen LogP contribution in [0.25, 0.3) is 0 Å². The predicted molar refractivity (Wildman–Crippen MR) is 77.8 cm³/mol. The lowest BCUT2D eigenvalue weighted by Gasteiger charge is -2.16. The van der Waals surface area contributed by atoms with Crippen LogP contribution in [-0.2, 0) is 9.59 Å². The van der Waals surface area contributed by atoms with Crippen molar-refractivity contribution in [3.63, 3.8) is 0 Å². The lowest BCUT2D eigenvalue weighted by molar-refractivity contribution is -0.118. The second-order valence-corrected chi connectivity index (χ2v) is 5.53. The lowest BCUT2D eigenvalue weighted by atomic mass is 10.1. The largest absolute Gasteiger partial charge is 0.369 e. The maximum Gasteiger partial charge on any atom is 0.241 e. The van der Waals surface area contributed by atoms with E-state index in [2.05, 4.69) is 5.32 Å². The highest BCUT2D eigenvalue weighted by atomic mass is 32.2. The van der Waals surface area contributed by atoms with Gasteiger partial charge in [-0.15, -0.1) is 11.8 Å². The summed E-state index contributed by atoms with van der Waals surface area (Å²) in [6, 6.07) is 6.68. The van der Waals surface area contributed by atoms with Crippen LogP contribution in [0.1, 0.15) is 13.8 Å². The van der Waals surface area contributed by atoms with Crippen LogP contribution in [0.3, 0.4) is 0 Å². The Morgan fingerprint density at radius 1 is 1.32 bits per heavy atom. The summed E-state index contributed by atoms with van der Waals surface area (Å²) in [5, 5.41) is 2.78. The van der Waals surface area contributed by atoms with Crippen LogP contribution >= 0.6 is 11.8 Å². The van der Waals surface area contributed by atoms with Crippen molar-refractivity contribution in [1.29, 1.82) is 0 Å². The summed E-state index contributed by atoms with van der Waals surface area (Å²) in [5.41, 5.74) is 11.5. The first-order valence-corrected chi connectivity index (χ1v) is 6.97. The summed E-state index contributed by atoms with van der Waals surface area (Å²) in [6.07, 6.45) is 0. The van der Waals surface area contributed by atoms with Crippen LogP contribution in [0.5, 0.6) is 0 Å². The molecular weight excluding hydrogens is 262 g/mol. The average molecular weight is 281 g/mol. The van der Waals surface area contributed by atoms with Gasteiger partial charge < -0.3 is 16.8 Å². The monoisotopic (exact) mass is 281 g/mol. The average Bonchev–Trinajstić information content (AvgIpc) is 2.36. The van der Waals surface area contributed by atoms with Crippen LogP contribution in [0.2, 0.25) is 0 Å². The van der Waals surface area contributed by atoms with Crippen molar-refractivity contribution in [2.75, 3.05) is 11.1 Å². The van der Waals surface area contributed by atoms with Crippen molar-refractivity contribution in [2.45, 2.75) is 24.8 Å². The van der Waals surface area contributed by atoms with E-state index in [0.29, 0.717) is 5.69 Å². The molecule has 1 rings (SSSR count). The van der Waals surface area contributed by atoms with Crippen molar-refractivity contribution >= 4 is 29.3 Å². The van der Waals surface area contributed by atoms with Crippen LogP contribution in [0.4, 0.5) is 5.69 Å². The van der Waals surface area contributed by atoms with E-state index in [9.17, 15) is 9.59 Å². The first-order valence-electron chi connectivity index (χ1n) is 5.98. The number of nitrogens with two attached hydrogens (primary N) is 2. The molecule has 1 unspecified atom stereocenters. The van der Waals surface area contributed by atoms with Gasteiger partial charge in [-0.3, -0.25) is 9.59 Å². The van der Waals surface area contributed by atoms with Gasteiger partial charge in [-0.05, 0) is 18.1 Å². The van der Waals surface area contributed by atoms with Gasteiger partial charge in [0.25, 0.3) is 0 Å². The fourth-order valence-electron chi connectivity index (χ4n) is 1.36. The number of para-hydroxylation sites is 1. The first-order chi connectivity index (χ1) is 8.91. The van der Waals surface area contributed by atoms with Gasteiger partial charge in [0.2, 0.25) is 11.8 Å². The molecule has 0 spiro atoms. The third kappa shape index (κ3) is 4.92. The number of carbonyl (C=O) groups excluding carboxylic acids is 2. The Labute approximate surface area is 117 Å². The molecule has 6 heteroatoms. The summed E-state index contributed by atoms with van der Waals surface area (Å²) in [7, 11) is 0. The molecule has 0 aliphatic carbocycles. The third-order valence-electron chi connectivity index (χ3n) is 2.54. The maximum atomic E-state index is 11.9. The van der Waals surface area contributed by atoms with E-state index in [0.717, 1.165) is 4.90 Å². The standard InChI is InChI=1S/C13H19N3O2S/c1-8(2)12(15)13(18)16-9-5-3-4-6-10(9)19-7-11(14)17/h3-6,8,12H,7,15H2,1-2H3,(H2,14,17)(H,16,18). The van der Waals surface area contributed by atoms with E-state index in [1.54, 1.807) is 6.07 Å².